The van der Waals surface area contributed by atoms with Crippen LogP contribution in [0.3, 0.4) is 0 Å². The number of hydrogen-bond donors (Lipinski definition) is 0. The summed E-state index contributed by atoms with van der Waals surface area (Å²) in [6.45, 7) is 6.24. The van der Waals surface area contributed by atoms with E-state index in [2.05, 4.69) is 22.9 Å². The molecule has 0 N–H and O–H groups in total. The van der Waals surface area contributed by atoms with Gasteiger partial charge in [-0.25, -0.2) is 9.69 Å². The zero-order valence-electron chi connectivity index (χ0n) is 15.7. The lowest BCUT2D eigenvalue weighted by Crippen LogP contribution is -2.45. The summed E-state index contributed by atoms with van der Waals surface area (Å²) in [5.41, 5.74) is 2.26. The van der Waals surface area contributed by atoms with Crippen molar-refractivity contribution in [1.29, 1.82) is 0 Å². The van der Waals surface area contributed by atoms with Crippen LogP contribution in [0.5, 0.6) is 0 Å². The Kier molecular flexibility index (Phi) is 5.59. The summed E-state index contributed by atoms with van der Waals surface area (Å²) in [5, 5.41) is 4.14. The van der Waals surface area contributed by atoms with Crippen LogP contribution in [0.2, 0.25) is 0 Å². The molecule has 146 valence electrons. The summed E-state index contributed by atoms with van der Waals surface area (Å²) < 4.78 is 5.27. The average Bonchev–Trinajstić information content (AvgIpc) is 3.43. The second kappa shape index (κ2) is 8.29. The molecule has 28 heavy (non-hydrogen) atoms. The molecule has 0 bridgehead atoms. The lowest BCUT2D eigenvalue weighted by atomic mass is 9.89. The molecule has 0 aliphatic carbocycles. The van der Waals surface area contributed by atoms with Crippen molar-refractivity contribution in [2.45, 2.75) is 18.4 Å². The van der Waals surface area contributed by atoms with Crippen molar-refractivity contribution in [3.63, 3.8) is 0 Å². The largest absolute Gasteiger partial charge is 0.447 e. The van der Waals surface area contributed by atoms with Crippen molar-refractivity contribution in [3.05, 3.63) is 70.9 Å². The topological polar surface area (TPSA) is 49.9 Å². The first-order valence-corrected chi connectivity index (χ1v) is 10.5. The number of carbonyl (C=O) groups excluding carboxylic acids is 2. The van der Waals surface area contributed by atoms with Gasteiger partial charge in [0.2, 0.25) is 5.91 Å². The number of nitrogens with zero attached hydrogens (tertiary/aromatic N) is 2. The van der Waals surface area contributed by atoms with Crippen LogP contribution >= 0.6 is 11.3 Å². The SMILES string of the molecule is C=CCN1C[C@@H](C(=O)N2C(=O)OC[C@@H]2Cc2ccccc2)[C@H](c2ccsc2)C1. The maximum atomic E-state index is 13.5. The lowest BCUT2D eigenvalue weighted by Gasteiger charge is -2.25. The molecule has 3 heterocycles. The highest BCUT2D eigenvalue weighted by molar-refractivity contribution is 7.08. The van der Waals surface area contributed by atoms with Gasteiger partial charge >= 0.3 is 6.09 Å². The number of amides is 2. The Balaban J connectivity index is 1.56. The number of hydrogen-bond acceptors (Lipinski definition) is 5. The quantitative estimate of drug-likeness (QED) is 0.701. The van der Waals surface area contributed by atoms with Crippen molar-refractivity contribution in [2.75, 3.05) is 26.2 Å². The van der Waals surface area contributed by atoms with E-state index in [4.69, 9.17) is 4.74 Å². The first kappa shape index (κ1) is 18.9. The van der Waals surface area contributed by atoms with Gasteiger partial charge in [0.1, 0.15) is 6.61 Å². The highest BCUT2D eigenvalue weighted by atomic mass is 32.1. The molecule has 0 radical (unpaired) electrons. The van der Waals surface area contributed by atoms with Crippen molar-refractivity contribution in [2.24, 2.45) is 5.92 Å². The molecule has 1 aromatic heterocycles. The highest BCUT2D eigenvalue weighted by Gasteiger charge is 2.46. The molecule has 2 fully saturated rings. The average molecular weight is 397 g/mol. The van der Waals surface area contributed by atoms with Crippen molar-refractivity contribution in [1.82, 2.24) is 9.80 Å². The Morgan fingerprint density at radius 3 is 2.79 bits per heavy atom. The molecule has 2 saturated heterocycles. The number of likely N-dealkylation sites (tertiary alicyclic amines) is 1. The fourth-order valence-electron chi connectivity index (χ4n) is 4.24. The van der Waals surface area contributed by atoms with E-state index in [9.17, 15) is 9.59 Å². The van der Waals surface area contributed by atoms with Crippen LogP contribution in [0.25, 0.3) is 0 Å². The predicted octanol–water partition coefficient (Wildman–Crippen LogP) is 3.54. The van der Waals surface area contributed by atoms with Crippen molar-refractivity contribution >= 4 is 23.3 Å². The van der Waals surface area contributed by atoms with Gasteiger partial charge in [-0.3, -0.25) is 9.69 Å². The van der Waals surface area contributed by atoms with E-state index in [-0.39, 0.29) is 30.4 Å². The number of thiophene rings is 1. The third kappa shape index (κ3) is 3.75. The number of imide groups is 1. The summed E-state index contributed by atoms with van der Waals surface area (Å²) in [7, 11) is 0. The fourth-order valence-corrected chi connectivity index (χ4v) is 4.96. The minimum atomic E-state index is -0.517. The Morgan fingerprint density at radius 1 is 1.25 bits per heavy atom. The Morgan fingerprint density at radius 2 is 2.07 bits per heavy atom. The van der Waals surface area contributed by atoms with Crippen LogP contribution in [0, 0.1) is 5.92 Å². The third-order valence-corrected chi connectivity index (χ3v) is 6.29. The summed E-state index contributed by atoms with van der Waals surface area (Å²) in [6, 6.07) is 11.8. The first-order valence-electron chi connectivity index (χ1n) is 9.56. The molecule has 2 aliphatic rings. The maximum Gasteiger partial charge on any atom is 0.416 e. The molecule has 2 aliphatic heterocycles. The number of carbonyl (C=O) groups is 2. The summed E-state index contributed by atoms with van der Waals surface area (Å²) in [6.07, 6.45) is 1.96. The predicted molar refractivity (Wildman–Crippen MR) is 109 cm³/mol. The maximum absolute atomic E-state index is 13.5. The Hall–Kier alpha value is -2.44. The van der Waals surface area contributed by atoms with Crippen LogP contribution in [0.4, 0.5) is 4.79 Å². The minimum Gasteiger partial charge on any atom is -0.447 e. The monoisotopic (exact) mass is 396 g/mol. The smallest absolute Gasteiger partial charge is 0.416 e. The van der Waals surface area contributed by atoms with Gasteiger partial charge in [-0.2, -0.15) is 11.3 Å². The van der Waals surface area contributed by atoms with E-state index in [1.54, 1.807) is 11.3 Å². The standard InChI is InChI=1S/C22H24N2O3S/c1-2-9-23-12-19(17-8-10-28-15-17)20(13-23)21(25)24-18(14-27-22(24)26)11-16-6-4-3-5-7-16/h2-8,10,15,18-20H,1,9,11-14H2/t18-,19-,20+/m0/s1. The molecule has 0 unspecified atom stereocenters. The van der Waals surface area contributed by atoms with Gasteiger partial charge in [0, 0.05) is 25.6 Å². The van der Waals surface area contributed by atoms with Gasteiger partial charge < -0.3 is 4.74 Å². The van der Waals surface area contributed by atoms with Crippen LogP contribution in [0.15, 0.2) is 59.8 Å². The molecule has 0 saturated carbocycles. The normalized spacial score (nSPS) is 25.1. The molecule has 5 nitrogen and oxygen atoms in total. The molecule has 6 heteroatoms. The number of benzene rings is 1. The van der Waals surface area contributed by atoms with Crippen LogP contribution in [0.1, 0.15) is 17.0 Å². The minimum absolute atomic E-state index is 0.0875. The summed E-state index contributed by atoms with van der Waals surface area (Å²) in [4.78, 5) is 29.5. The number of ether oxygens (including phenoxy) is 1. The van der Waals surface area contributed by atoms with Gasteiger partial charge in [-0.1, -0.05) is 36.4 Å². The lowest BCUT2D eigenvalue weighted by molar-refractivity contribution is -0.133. The second-order valence-corrected chi connectivity index (χ2v) is 8.19. The van der Waals surface area contributed by atoms with Crippen molar-refractivity contribution < 1.29 is 14.3 Å². The van der Waals surface area contributed by atoms with E-state index in [0.717, 1.165) is 18.7 Å². The van der Waals surface area contributed by atoms with Gasteiger partial charge in [-0.05, 0) is 34.4 Å². The van der Waals surface area contributed by atoms with Gasteiger partial charge in [0.25, 0.3) is 0 Å². The summed E-state index contributed by atoms with van der Waals surface area (Å²) in [5.74, 6) is -0.283. The molecular formula is C22H24N2O3S. The van der Waals surface area contributed by atoms with E-state index in [0.29, 0.717) is 13.0 Å². The van der Waals surface area contributed by atoms with Crippen LogP contribution < -0.4 is 0 Å². The fraction of sp³-hybridized carbons (Fsp3) is 0.364. The van der Waals surface area contributed by atoms with E-state index < -0.39 is 6.09 Å². The molecule has 4 rings (SSSR count). The highest BCUT2D eigenvalue weighted by Crippen LogP contribution is 2.36. The van der Waals surface area contributed by atoms with Crippen molar-refractivity contribution in [3.8, 4) is 0 Å². The van der Waals surface area contributed by atoms with Gasteiger partial charge in [-0.15, -0.1) is 6.58 Å². The zero-order valence-corrected chi connectivity index (χ0v) is 16.5. The molecule has 2 amide bonds. The first-order chi connectivity index (χ1) is 13.7. The Bertz CT molecular complexity index is 837. The van der Waals surface area contributed by atoms with Gasteiger partial charge in [0.15, 0.2) is 0 Å². The molecule has 2 aromatic rings. The van der Waals surface area contributed by atoms with E-state index >= 15 is 0 Å². The Labute approximate surface area is 169 Å². The van der Waals surface area contributed by atoms with Crippen LogP contribution in [-0.2, 0) is 16.0 Å². The van der Waals surface area contributed by atoms with E-state index in [1.807, 2.05) is 41.8 Å². The molecular weight excluding hydrogens is 372 g/mol. The number of cyclic esters (lactones) is 1. The van der Waals surface area contributed by atoms with Crippen LogP contribution in [-0.4, -0.2) is 54.1 Å². The second-order valence-electron chi connectivity index (χ2n) is 7.41. The zero-order chi connectivity index (χ0) is 19.5. The molecule has 3 atom stereocenters. The van der Waals surface area contributed by atoms with E-state index in [1.165, 1.54) is 10.5 Å². The molecule has 1 aromatic carbocycles. The third-order valence-electron chi connectivity index (χ3n) is 5.58. The number of rotatable bonds is 6. The van der Waals surface area contributed by atoms with Gasteiger partial charge in [0.05, 0.1) is 12.0 Å². The molecule has 0 spiro atoms. The summed E-state index contributed by atoms with van der Waals surface area (Å²) >= 11 is 1.63.